The number of carbonyl (C=O) groups excluding carboxylic acids is 1. The quantitative estimate of drug-likeness (QED) is 0.740. The molecule has 0 aliphatic rings. The summed E-state index contributed by atoms with van der Waals surface area (Å²) in [5, 5.41) is 0. The average Bonchev–Trinajstić information content (AvgIpc) is 1.94. The summed E-state index contributed by atoms with van der Waals surface area (Å²) in [4.78, 5) is 18.7. The molecule has 5 heteroatoms. The first-order chi connectivity index (χ1) is 5.11. The third-order valence-corrected chi connectivity index (χ3v) is 1.99. The fraction of sp³-hybridized carbons (Fsp3) is 0.167. The smallest absolute Gasteiger partial charge is 0.180 e. The van der Waals surface area contributed by atoms with Crippen LogP contribution in [-0.2, 0) is 0 Å². The SMILES string of the molecule is CC(=O)c1nc(Br)cnc1Br. The Kier molecular flexibility index (Phi) is 2.72. The second-order valence-electron chi connectivity index (χ2n) is 1.89. The van der Waals surface area contributed by atoms with Gasteiger partial charge in [-0.25, -0.2) is 9.97 Å². The number of halogens is 2. The Hall–Kier alpha value is -0.290. The lowest BCUT2D eigenvalue weighted by atomic mass is 10.3. The van der Waals surface area contributed by atoms with Gasteiger partial charge in [0.1, 0.15) is 14.9 Å². The molecule has 0 fully saturated rings. The molecule has 0 aliphatic carbocycles. The number of hydrogen-bond donors (Lipinski definition) is 0. The summed E-state index contributed by atoms with van der Waals surface area (Å²) < 4.78 is 1.04. The molecule has 3 nitrogen and oxygen atoms in total. The topological polar surface area (TPSA) is 42.9 Å². The molecule has 1 aromatic rings. The van der Waals surface area contributed by atoms with Crippen LogP contribution in [0.5, 0.6) is 0 Å². The van der Waals surface area contributed by atoms with Crippen molar-refractivity contribution in [2.45, 2.75) is 6.92 Å². The molecule has 0 amide bonds. The first-order valence-corrected chi connectivity index (χ1v) is 4.39. The maximum atomic E-state index is 10.9. The highest BCUT2D eigenvalue weighted by molar-refractivity contribution is 9.10. The van der Waals surface area contributed by atoms with E-state index in [-0.39, 0.29) is 5.78 Å². The standard InChI is InChI=1S/C6H4Br2N2O/c1-3(11)5-6(8)9-2-4(7)10-5/h2H,1H3. The first kappa shape index (κ1) is 8.80. The van der Waals surface area contributed by atoms with Crippen molar-refractivity contribution in [3.05, 3.63) is 21.1 Å². The molecular weight excluding hydrogens is 276 g/mol. The van der Waals surface area contributed by atoms with Crippen LogP contribution in [0, 0.1) is 0 Å². The lowest BCUT2D eigenvalue weighted by Crippen LogP contribution is -1.99. The van der Waals surface area contributed by atoms with Gasteiger partial charge in [0, 0.05) is 6.92 Å². The zero-order chi connectivity index (χ0) is 8.43. The van der Waals surface area contributed by atoms with Gasteiger partial charge in [-0.3, -0.25) is 4.79 Å². The first-order valence-electron chi connectivity index (χ1n) is 2.80. The Labute approximate surface area is 80.5 Å². The van der Waals surface area contributed by atoms with Gasteiger partial charge in [0.2, 0.25) is 0 Å². The molecular formula is C6H4Br2N2O. The number of nitrogens with zero attached hydrogens (tertiary/aromatic N) is 2. The van der Waals surface area contributed by atoms with Crippen LogP contribution in [0.3, 0.4) is 0 Å². The van der Waals surface area contributed by atoms with Crippen LogP contribution in [0.15, 0.2) is 15.4 Å². The second kappa shape index (κ2) is 3.40. The number of ketones is 1. The molecule has 0 spiro atoms. The van der Waals surface area contributed by atoms with Crippen LogP contribution in [-0.4, -0.2) is 15.8 Å². The summed E-state index contributed by atoms with van der Waals surface area (Å²) in [5.74, 6) is -0.106. The molecule has 1 aromatic heterocycles. The van der Waals surface area contributed by atoms with Crippen LogP contribution in [0.1, 0.15) is 17.4 Å². The van der Waals surface area contributed by atoms with E-state index in [1.165, 1.54) is 13.1 Å². The molecule has 0 aromatic carbocycles. The van der Waals surface area contributed by atoms with Gasteiger partial charge in [0.15, 0.2) is 5.78 Å². The van der Waals surface area contributed by atoms with Crippen molar-refractivity contribution in [2.75, 3.05) is 0 Å². The summed E-state index contributed by atoms with van der Waals surface area (Å²) in [6, 6.07) is 0. The number of Topliss-reactive ketones (excluding diaryl/α,β-unsaturated/α-hetero) is 1. The van der Waals surface area contributed by atoms with Gasteiger partial charge >= 0.3 is 0 Å². The van der Waals surface area contributed by atoms with E-state index in [2.05, 4.69) is 41.8 Å². The second-order valence-corrected chi connectivity index (χ2v) is 3.45. The molecule has 11 heavy (non-hydrogen) atoms. The summed E-state index contributed by atoms with van der Waals surface area (Å²) in [7, 11) is 0. The van der Waals surface area contributed by atoms with Gasteiger partial charge < -0.3 is 0 Å². The van der Waals surface area contributed by atoms with Crippen molar-refractivity contribution in [1.82, 2.24) is 9.97 Å². The highest BCUT2D eigenvalue weighted by atomic mass is 79.9. The van der Waals surface area contributed by atoms with Crippen LogP contribution >= 0.6 is 31.9 Å². The third-order valence-electron chi connectivity index (χ3n) is 1.03. The fourth-order valence-corrected chi connectivity index (χ4v) is 1.33. The van der Waals surface area contributed by atoms with Crippen molar-refractivity contribution >= 4 is 37.6 Å². The fourth-order valence-electron chi connectivity index (χ4n) is 0.577. The number of hydrogen-bond acceptors (Lipinski definition) is 3. The van der Waals surface area contributed by atoms with Crippen LogP contribution in [0.4, 0.5) is 0 Å². The Bertz CT molecular complexity index is 301. The average molecular weight is 280 g/mol. The van der Waals surface area contributed by atoms with E-state index in [4.69, 9.17) is 0 Å². The van der Waals surface area contributed by atoms with E-state index in [1.54, 1.807) is 0 Å². The van der Waals surface area contributed by atoms with Crippen molar-refractivity contribution in [3.63, 3.8) is 0 Å². The summed E-state index contributed by atoms with van der Waals surface area (Å²) in [5.41, 5.74) is 0.347. The van der Waals surface area contributed by atoms with E-state index < -0.39 is 0 Å². The summed E-state index contributed by atoms with van der Waals surface area (Å²) in [6.45, 7) is 1.45. The number of carbonyl (C=O) groups is 1. The lowest BCUT2D eigenvalue weighted by Gasteiger charge is -1.96. The highest BCUT2D eigenvalue weighted by Crippen LogP contribution is 2.14. The molecule has 0 atom stereocenters. The molecule has 0 bridgehead atoms. The molecule has 0 unspecified atom stereocenters. The predicted octanol–water partition coefficient (Wildman–Crippen LogP) is 2.20. The number of rotatable bonds is 1. The molecule has 0 saturated heterocycles. The van der Waals surface area contributed by atoms with Gasteiger partial charge in [-0.1, -0.05) is 0 Å². The highest BCUT2D eigenvalue weighted by Gasteiger charge is 2.07. The predicted molar refractivity (Wildman–Crippen MR) is 47.4 cm³/mol. The van der Waals surface area contributed by atoms with Crippen molar-refractivity contribution < 1.29 is 4.79 Å². The van der Waals surface area contributed by atoms with E-state index in [0.29, 0.717) is 14.9 Å². The molecule has 58 valence electrons. The van der Waals surface area contributed by atoms with E-state index >= 15 is 0 Å². The van der Waals surface area contributed by atoms with Crippen LogP contribution < -0.4 is 0 Å². The number of aromatic nitrogens is 2. The van der Waals surface area contributed by atoms with E-state index in [0.717, 1.165) is 0 Å². The zero-order valence-electron chi connectivity index (χ0n) is 5.64. The largest absolute Gasteiger partial charge is 0.293 e. The maximum Gasteiger partial charge on any atom is 0.180 e. The molecule has 0 saturated carbocycles. The minimum absolute atomic E-state index is 0.106. The van der Waals surface area contributed by atoms with Crippen molar-refractivity contribution in [3.8, 4) is 0 Å². The normalized spacial score (nSPS) is 9.73. The monoisotopic (exact) mass is 278 g/mol. The summed E-state index contributed by atoms with van der Waals surface area (Å²) in [6.07, 6.45) is 1.52. The van der Waals surface area contributed by atoms with Gasteiger partial charge in [0.05, 0.1) is 6.20 Å². The Morgan fingerprint density at radius 3 is 2.64 bits per heavy atom. The van der Waals surface area contributed by atoms with Crippen molar-refractivity contribution in [2.24, 2.45) is 0 Å². The third kappa shape index (κ3) is 2.07. The lowest BCUT2D eigenvalue weighted by molar-refractivity contribution is 0.101. The minimum atomic E-state index is -0.106. The molecule has 0 radical (unpaired) electrons. The van der Waals surface area contributed by atoms with Gasteiger partial charge in [-0.15, -0.1) is 0 Å². The molecule has 0 N–H and O–H groups in total. The Morgan fingerprint density at radius 2 is 2.18 bits per heavy atom. The van der Waals surface area contributed by atoms with Gasteiger partial charge in [0.25, 0.3) is 0 Å². The van der Waals surface area contributed by atoms with E-state index in [9.17, 15) is 4.79 Å². The van der Waals surface area contributed by atoms with Crippen LogP contribution in [0.25, 0.3) is 0 Å². The maximum absolute atomic E-state index is 10.9. The molecule has 0 aliphatic heterocycles. The Balaban J connectivity index is 3.23. The van der Waals surface area contributed by atoms with Crippen LogP contribution in [0.2, 0.25) is 0 Å². The minimum Gasteiger partial charge on any atom is -0.293 e. The molecule has 1 heterocycles. The van der Waals surface area contributed by atoms with Gasteiger partial charge in [-0.2, -0.15) is 0 Å². The Morgan fingerprint density at radius 1 is 1.55 bits per heavy atom. The zero-order valence-corrected chi connectivity index (χ0v) is 8.81. The van der Waals surface area contributed by atoms with Gasteiger partial charge in [-0.05, 0) is 31.9 Å². The van der Waals surface area contributed by atoms with Crippen molar-refractivity contribution in [1.29, 1.82) is 0 Å². The summed E-state index contributed by atoms with van der Waals surface area (Å²) >= 11 is 6.23. The van der Waals surface area contributed by atoms with E-state index in [1.807, 2.05) is 0 Å². The molecule has 1 rings (SSSR count).